The van der Waals surface area contributed by atoms with Crippen LogP contribution in [0.2, 0.25) is 0 Å². The number of hydrogen-bond acceptors (Lipinski definition) is 4. The second-order valence-electron chi connectivity index (χ2n) is 6.41. The van der Waals surface area contributed by atoms with Crippen molar-refractivity contribution in [1.29, 1.82) is 0 Å². The fourth-order valence-electron chi connectivity index (χ4n) is 3.22. The highest BCUT2D eigenvalue weighted by atomic mass is 16.5. The highest BCUT2D eigenvalue weighted by Crippen LogP contribution is 2.23. The number of rotatable bonds is 6. The molecule has 1 saturated heterocycles. The fourth-order valence-corrected chi connectivity index (χ4v) is 3.22. The van der Waals surface area contributed by atoms with Gasteiger partial charge in [-0.3, -0.25) is 9.69 Å². The predicted octanol–water partition coefficient (Wildman–Crippen LogP) is 2.79. The second-order valence-corrected chi connectivity index (χ2v) is 6.41. The first-order valence-corrected chi connectivity index (χ1v) is 8.98. The molecule has 5 nitrogen and oxygen atoms in total. The zero-order valence-electron chi connectivity index (χ0n) is 15.1. The van der Waals surface area contributed by atoms with Crippen molar-refractivity contribution in [3.05, 3.63) is 71.8 Å². The summed E-state index contributed by atoms with van der Waals surface area (Å²) in [7, 11) is 0. The molecule has 1 atom stereocenters. The zero-order chi connectivity index (χ0) is 18.2. The molecule has 2 aromatic rings. The molecule has 26 heavy (non-hydrogen) atoms. The van der Waals surface area contributed by atoms with Gasteiger partial charge in [-0.2, -0.15) is 5.10 Å². The smallest absolute Gasteiger partial charge is 0.244 e. The molecule has 0 bridgehead atoms. The minimum atomic E-state index is -0.107. The number of nitrogens with zero attached hydrogens (tertiary/aromatic N) is 2. The summed E-state index contributed by atoms with van der Waals surface area (Å²) < 4.78 is 5.48. The van der Waals surface area contributed by atoms with E-state index >= 15 is 0 Å². The third-order valence-corrected chi connectivity index (χ3v) is 4.49. The van der Waals surface area contributed by atoms with Crippen molar-refractivity contribution in [2.45, 2.75) is 19.4 Å². The molecule has 1 aliphatic rings. The number of hydrazone groups is 1. The fraction of sp³-hybridized carbons (Fsp3) is 0.333. The molecule has 0 radical (unpaired) electrons. The minimum Gasteiger partial charge on any atom is -0.379 e. The Bertz CT molecular complexity index is 725. The van der Waals surface area contributed by atoms with E-state index in [1.807, 2.05) is 55.5 Å². The third kappa shape index (κ3) is 5.00. The first-order valence-electron chi connectivity index (χ1n) is 8.98. The molecule has 0 saturated carbocycles. The molecule has 1 fully saturated rings. The van der Waals surface area contributed by atoms with E-state index in [0.717, 1.165) is 37.6 Å². The topological polar surface area (TPSA) is 53.9 Å². The van der Waals surface area contributed by atoms with E-state index in [0.29, 0.717) is 6.42 Å². The van der Waals surface area contributed by atoms with Gasteiger partial charge in [0.25, 0.3) is 0 Å². The van der Waals surface area contributed by atoms with Crippen LogP contribution in [0.15, 0.2) is 65.8 Å². The normalized spacial score (nSPS) is 16.9. The van der Waals surface area contributed by atoms with E-state index in [4.69, 9.17) is 4.74 Å². The van der Waals surface area contributed by atoms with Gasteiger partial charge in [-0.15, -0.1) is 0 Å². The van der Waals surface area contributed by atoms with Crippen LogP contribution in [0.25, 0.3) is 0 Å². The third-order valence-electron chi connectivity index (χ3n) is 4.49. The van der Waals surface area contributed by atoms with Crippen LogP contribution in [-0.4, -0.2) is 42.8 Å². The van der Waals surface area contributed by atoms with Crippen molar-refractivity contribution >= 4 is 11.6 Å². The lowest BCUT2D eigenvalue weighted by atomic mass is 10.0. The Labute approximate surface area is 154 Å². The lowest BCUT2D eigenvalue weighted by Gasteiger charge is -2.34. The molecule has 0 aromatic heterocycles. The molecular formula is C21H25N3O2. The van der Waals surface area contributed by atoms with E-state index in [1.165, 1.54) is 5.56 Å². The van der Waals surface area contributed by atoms with Crippen LogP contribution >= 0.6 is 0 Å². The monoisotopic (exact) mass is 351 g/mol. The average Bonchev–Trinajstić information content (AvgIpc) is 2.69. The lowest BCUT2D eigenvalue weighted by molar-refractivity contribution is -0.120. The quantitative estimate of drug-likeness (QED) is 0.643. The van der Waals surface area contributed by atoms with Crippen molar-refractivity contribution in [2.75, 3.05) is 26.3 Å². The summed E-state index contributed by atoms with van der Waals surface area (Å²) in [5.41, 5.74) is 5.74. The summed E-state index contributed by atoms with van der Waals surface area (Å²) >= 11 is 0. The van der Waals surface area contributed by atoms with Crippen molar-refractivity contribution in [3.8, 4) is 0 Å². The van der Waals surface area contributed by atoms with Gasteiger partial charge in [0, 0.05) is 13.1 Å². The summed E-state index contributed by atoms with van der Waals surface area (Å²) in [6, 6.07) is 20.0. The Morgan fingerprint density at radius 1 is 1.08 bits per heavy atom. The standard InChI is InChI=1S/C21H25N3O2/c1-17(22-23-20(25)16-18-8-4-2-5-9-18)21(19-10-6-3-7-11-19)24-12-14-26-15-13-24/h2-11,21H,12-16H2,1H3,(H,23,25). The maximum Gasteiger partial charge on any atom is 0.244 e. The Morgan fingerprint density at radius 2 is 1.69 bits per heavy atom. The van der Waals surface area contributed by atoms with E-state index in [2.05, 4.69) is 27.6 Å². The van der Waals surface area contributed by atoms with Gasteiger partial charge in [0.2, 0.25) is 5.91 Å². The second kappa shape index (κ2) is 9.27. The molecule has 1 aliphatic heterocycles. The number of morpholine rings is 1. The van der Waals surface area contributed by atoms with Crippen molar-refractivity contribution in [3.63, 3.8) is 0 Å². The number of benzene rings is 2. The van der Waals surface area contributed by atoms with Crippen LogP contribution in [0.4, 0.5) is 0 Å². The van der Waals surface area contributed by atoms with Gasteiger partial charge >= 0.3 is 0 Å². The van der Waals surface area contributed by atoms with Gasteiger partial charge in [-0.25, -0.2) is 5.43 Å². The molecule has 136 valence electrons. The number of amides is 1. The van der Waals surface area contributed by atoms with Gasteiger partial charge in [0.1, 0.15) is 0 Å². The number of nitrogens with one attached hydrogen (secondary N) is 1. The zero-order valence-corrected chi connectivity index (χ0v) is 15.1. The van der Waals surface area contributed by atoms with E-state index in [9.17, 15) is 4.79 Å². The van der Waals surface area contributed by atoms with Gasteiger partial charge in [0.15, 0.2) is 0 Å². The van der Waals surface area contributed by atoms with E-state index in [1.54, 1.807) is 0 Å². The number of carbonyl (C=O) groups excluding carboxylic acids is 1. The largest absolute Gasteiger partial charge is 0.379 e. The van der Waals surface area contributed by atoms with Gasteiger partial charge < -0.3 is 4.74 Å². The van der Waals surface area contributed by atoms with Crippen LogP contribution in [0.3, 0.4) is 0 Å². The SMILES string of the molecule is CC(=NNC(=O)Cc1ccccc1)C(c1ccccc1)N1CCOCC1. The summed E-state index contributed by atoms with van der Waals surface area (Å²) in [5.74, 6) is -0.107. The lowest BCUT2D eigenvalue weighted by Crippen LogP contribution is -2.42. The first kappa shape index (κ1) is 18.3. The Morgan fingerprint density at radius 3 is 2.35 bits per heavy atom. The summed E-state index contributed by atoms with van der Waals surface area (Å²) in [4.78, 5) is 14.5. The molecule has 3 rings (SSSR count). The molecule has 2 aromatic carbocycles. The van der Waals surface area contributed by atoms with Crippen LogP contribution < -0.4 is 5.43 Å². The van der Waals surface area contributed by atoms with Crippen LogP contribution in [0.5, 0.6) is 0 Å². The maximum atomic E-state index is 12.2. The van der Waals surface area contributed by atoms with Crippen LogP contribution in [0, 0.1) is 0 Å². The van der Waals surface area contributed by atoms with Gasteiger partial charge in [0.05, 0.1) is 31.4 Å². The minimum absolute atomic E-state index is 0.0390. The van der Waals surface area contributed by atoms with Crippen LogP contribution in [0.1, 0.15) is 24.1 Å². The molecular weight excluding hydrogens is 326 g/mol. The molecule has 1 heterocycles. The maximum absolute atomic E-state index is 12.2. The Balaban J connectivity index is 1.70. The highest BCUT2D eigenvalue weighted by molar-refractivity contribution is 5.90. The van der Waals surface area contributed by atoms with Crippen molar-refractivity contribution in [1.82, 2.24) is 10.3 Å². The van der Waals surface area contributed by atoms with Crippen molar-refractivity contribution < 1.29 is 9.53 Å². The molecule has 5 heteroatoms. The number of hydrogen-bond donors (Lipinski definition) is 1. The predicted molar refractivity (Wildman–Crippen MR) is 103 cm³/mol. The number of ether oxygens (including phenoxy) is 1. The van der Waals surface area contributed by atoms with Crippen LogP contribution in [-0.2, 0) is 16.0 Å². The summed E-state index contributed by atoms with van der Waals surface area (Å²) in [5, 5.41) is 4.41. The highest BCUT2D eigenvalue weighted by Gasteiger charge is 2.25. The Kier molecular flexibility index (Phi) is 6.52. The molecule has 1 amide bonds. The Hall–Kier alpha value is -2.50. The van der Waals surface area contributed by atoms with Crippen molar-refractivity contribution in [2.24, 2.45) is 5.10 Å². The molecule has 0 aliphatic carbocycles. The number of carbonyl (C=O) groups is 1. The average molecular weight is 351 g/mol. The first-order chi connectivity index (χ1) is 12.7. The molecule has 0 spiro atoms. The summed E-state index contributed by atoms with van der Waals surface area (Å²) in [6.07, 6.45) is 0.325. The van der Waals surface area contributed by atoms with Gasteiger partial charge in [-0.1, -0.05) is 60.7 Å². The van der Waals surface area contributed by atoms with Gasteiger partial charge in [-0.05, 0) is 18.1 Å². The molecule has 1 unspecified atom stereocenters. The van der Waals surface area contributed by atoms with E-state index < -0.39 is 0 Å². The van der Waals surface area contributed by atoms with E-state index in [-0.39, 0.29) is 11.9 Å². The summed E-state index contributed by atoms with van der Waals surface area (Å²) in [6.45, 7) is 5.11. The molecule has 1 N–H and O–H groups in total.